The van der Waals surface area contributed by atoms with E-state index in [9.17, 15) is 8.78 Å². The van der Waals surface area contributed by atoms with E-state index in [2.05, 4.69) is 20.1 Å². The maximum absolute atomic E-state index is 13.7. The molecule has 8 heteroatoms. The van der Waals surface area contributed by atoms with Gasteiger partial charge in [0.1, 0.15) is 17.3 Å². The minimum atomic E-state index is -0.670. The monoisotopic (exact) mass is 380 g/mol. The lowest BCUT2D eigenvalue weighted by molar-refractivity contribution is 0.573. The molecule has 0 aliphatic carbocycles. The molecule has 3 aromatic rings. The van der Waals surface area contributed by atoms with Crippen LogP contribution in [0.2, 0.25) is 0 Å². The molecule has 0 aliphatic rings. The number of aryl methyl sites for hydroxylation is 1. The first kappa shape index (κ1) is 19.1. The summed E-state index contributed by atoms with van der Waals surface area (Å²) < 4.78 is 26.7. The summed E-state index contributed by atoms with van der Waals surface area (Å²) in [6, 6.07) is 12.8. The van der Waals surface area contributed by atoms with E-state index in [0.29, 0.717) is 11.4 Å². The number of hydrogen-bond donors (Lipinski definition) is 2. The van der Waals surface area contributed by atoms with Crippen LogP contribution >= 0.6 is 0 Å². The molecular weight excluding hydrogens is 362 g/mol. The van der Waals surface area contributed by atoms with E-state index < -0.39 is 11.6 Å². The molecule has 0 aliphatic heterocycles. The van der Waals surface area contributed by atoms with Gasteiger partial charge in [-0.2, -0.15) is 5.10 Å². The first-order chi connectivity index (χ1) is 13.5. The predicted octanol–water partition coefficient (Wildman–Crippen LogP) is 3.25. The van der Waals surface area contributed by atoms with Crippen LogP contribution in [-0.4, -0.2) is 21.9 Å². The van der Waals surface area contributed by atoms with Crippen molar-refractivity contribution < 1.29 is 8.78 Å². The van der Waals surface area contributed by atoms with Gasteiger partial charge in [0, 0.05) is 17.2 Å². The second-order valence-corrected chi connectivity index (χ2v) is 6.09. The van der Waals surface area contributed by atoms with Crippen molar-refractivity contribution in [3.63, 3.8) is 0 Å². The van der Waals surface area contributed by atoms with Gasteiger partial charge >= 0.3 is 0 Å². The maximum atomic E-state index is 13.7. The fourth-order valence-electron chi connectivity index (χ4n) is 2.60. The van der Waals surface area contributed by atoms with Gasteiger partial charge in [0.2, 0.25) is 5.95 Å². The molecule has 1 heterocycles. The van der Waals surface area contributed by atoms with Crippen molar-refractivity contribution in [3.8, 4) is 11.3 Å². The highest BCUT2D eigenvalue weighted by Gasteiger charge is 2.10. The van der Waals surface area contributed by atoms with Gasteiger partial charge in [-0.3, -0.25) is 4.99 Å². The topological polar surface area (TPSA) is 103 Å². The van der Waals surface area contributed by atoms with Crippen LogP contribution < -0.4 is 11.6 Å². The quantitative estimate of drug-likeness (QED) is 0.403. The number of nitrogens with two attached hydrogens (primary N) is 2. The molecule has 0 saturated heterocycles. The largest absolute Gasteiger partial charge is 0.368 e. The summed E-state index contributed by atoms with van der Waals surface area (Å²) >= 11 is 0. The summed E-state index contributed by atoms with van der Waals surface area (Å²) in [4.78, 5) is 12.5. The summed E-state index contributed by atoms with van der Waals surface area (Å²) in [6.45, 7) is 1.97. The SMILES string of the molecule is Cc1cccc(-c2cc(C(C=NCc3ccc(F)cc3F)=NN)nc(N)n2)c1. The molecule has 0 spiro atoms. The van der Waals surface area contributed by atoms with Crippen molar-refractivity contribution in [2.45, 2.75) is 13.5 Å². The molecule has 4 N–H and O–H groups in total. The van der Waals surface area contributed by atoms with Crippen LogP contribution in [0.25, 0.3) is 11.3 Å². The minimum Gasteiger partial charge on any atom is -0.368 e. The molecule has 0 radical (unpaired) electrons. The first-order valence-corrected chi connectivity index (χ1v) is 8.40. The molecule has 1 aromatic heterocycles. The number of hydrogen-bond acceptors (Lipinski definition) is 6. The number of hydrazone groups is 1. The van der Waals surface area contributed by atoms with Crippen LogP contribution in [-0.2, 0) is 6.54 Å². The second kappa shape index (κ2) is 8.34. The van der Waals surface area contributed by atoms with Gasteiger partial charge in [-0.25, -0.2) is 18.7 Å². The highest BCUT2D eigenvalue weighted by Crippen LogP contribution is 2.20. The van der Waals surface area contributed by atoms with E-state index in [-0.39, 0.29) is 23.8 Å². The van der Waals surface area contributed by atoms with E-state index in [1.54, 1.807) is 6.07 Å². The van der Waals surface area contributed by atoms with Crippen molar-refractivity contribution in [3.05, 3.63) is 77.0 Å². The van der Waals surface area contributed by atoms with Crippen LogP contribution in [0.1, 0.15) is 16.8 Å². The summed E-state index contributed by atoms with van der Waals surface area (Å²) in [5.74, 6) is 4.22. The zero-order valence-corrected chi connectivity index (χ0v) is 15.1. The Kier molecular flexibility index (Phi) is 5.69. The molecule has 3 rings (SSSR count). The lowest BCUT2D eigenvalue weighted by Crippen LogP contribution is -2.11. The van der Waals surface area contributed by atoms with Gasteiger partial charge in [0.05, 0.1) is 24.1 Å². The zero-order valence-electron chi connectivity index (χ0n) is 15.1. The highest BCUT2D eigenvalue weighted by molar-refractivity contribution is 6.37. The molecule has 0 bridgehead atoms. The summed E-state index contributed by atoms with van der Waals surface area (Å²) in [5, 5.41) is 3.69. The molecule has 0 saturated carbocycles. The molecule has 0 unspecified atom stereocenters. The van der Waals surface area contributed by atoms with E-state index in [1.807, 2.05) is 31.2 Å². The summed E-state index contributed by atoms with van der Waals surface area (Å²) in [7, 11) is 0. The average Bonchev–Trinajstić information content (AvgIpc) is 2.66. The Hall–Kier alpha value is -3.68. The lowest BCUT2D eigenvalue weighted by atomic mass is 10.1. The van der Waals surface area contributed by atoms with Crippen LogP contribution in [0.3, 0.4) is 0 Å². The maximum Gasteiger partial charge on any atom is 0.221 e. The third kappa shape index (κ3) is 4.53. The van der Waals surface area contributed by atoms with Crippen molar-refractivity contribution in [2.24, 2.45) is 15.9 Å². The molecule has 2 aromatic carbocycles. The third-order valence-electron chi connectivity index (χ3n) is 3.95. The van der Waals surface area contributed by atoms with E-state index in [0.717, 1.165) is 17.2 Å². The molecule has 142 valence electrons. The van der Waals surface area contributed by atoms with Gasteiger partial charge in [-0.15, -0.1) is 0 Å². The average molecular weight is 380 g/mol. The number of rotatable bonds is 5. The number of halogens is 2. The van der Waals surface area contributed by atoms with Gasteiger partial charge in [-0.1, -0.05) is 29.8 Å². The van der Waals surface area contributed by atoms with Gasteiger partial charge in [0.25, 0.3) is 0 Å². The summed E-state index contributed by atoms with van der Waals surface area (Å²) in [5.41, 5.74) is 9.28. The molecule has 28 heavy (non-hydrogen) atoms. The van der Waals surface area contributed by atoms with Gasteiger partial charge < -0.3 is 11.6 Å². The van der Waals surface area contributed by atoms with Crippen LogP contribution in [0, 0.1) is 18.6 Å². The van der Waals surface area contributed by atoms with Crippen LogP contribution in [0.15, 0.2) is 58.6 Å². The number of aromatic nitrogens is 2. The smallest absolute Gasteiger partial charge is 0.221 e. The Labute approximate surface area is 160 Å². The Morgan fingerprint density at radius 2 is 1.93 bits per heavy atom. The molecular formula is C20H18F2N6. The number of benzene rings is 2. The van der Waals surface area contributed by atoms with Crippen molar-refractivity contribution >= 4 is 17.9 Å². The standard InChI is InChI=1S/C20H18F2N6/c1-12-3-2-4-13(7-12)17-9-18(27-20(23)26-17)19(28-24)11-25-10-14-5-6-15(21)8-16(14)22/h2-9,11H,10,24H2,1H3,(H2,23,26,27). The fourth-order valence-corrected chi connectivity index (χ4v) is 2.60. The number of nitrogens with zero attached hydrogens (tertiary/aromatic N) is 4. The molecule has 0 amide bonds. The number of aliphatic imine (C=N–C) groups is 1. The summed E-state index contributed by atoms with van der Waals surface area (Å²) in [6.07, 6.45) is 1.37. The fraction of sp³-hybridized carbons (Fsp3) is 0.100. The van der Waals surface area contributed by atoms with E-state index in [1.165, 1.54) is 18.3 Å². The Morgan fingerprint density at radius 3 is 2.64 bits per heavy atom. The van der Waals surface area contributed by atoms with E-state index in [4.69, 9.17) is 11.6 Å². The number of nitrogen functional groups attached to an aromatic ring is 1. The zero-order chi connectivity index (χ0) is 20.1. The second-order valence-electron chi connectivity index (χ2n) is 6.09. The Bertz CT molecular complexity index is 1060. The predicted molar refractivity (Wildman–Crippen MR) is 106 cm³/mol. The van der Waals surface area contributed by atoms with Gasteiger partial charge in [-0.05, 0) is 25.1 Å². The third-order valence-corrected chi connectivity index (χ3v) is 3.95. The van der Waals surface area contributed by atoms with Crippen molar-refractivity contribution in [1.29, 1.82) is 0 Å². The first-order valence-electron chi connectivity index (χ1n) is 8.40. The Morgan fingerprint density at radius 1 is 1.11 bits per heavy atom. The normalized spacial score (nSPS) is 11.9. The van der Waals surface area contributed by atoms with Gasteiger partial charge in [0.15, 0.2) is 0 Å². The molecule has 0 fully saturated rings. The minimum absolute atomic E-state index is 0.00354. The van der Waals surface area contributed by atoms with Crippen molar-refractivity contribution in [2.75, 3.05) is 5.73 Å². The highest BCUT2D eigenvalue weighted by atomic mass is 19.1. The lowest BCUT2D eigenvalue weighted by Gasteiger charge is -2.06. The van der Waals surface area contributed by atoms with Crippen molar-refractivity contribution in [1.82, 2.24) is 9.97 Å². The van der Waals surface area contributed by atoms with Crippen LogP contribution in [0.5, 0.6) is 0 Å². The molecule has 0 atom stereocenters. The molecule has 6 nitrogen and oxygen atoms in total. The number of anilines is 1. The Balaban J connectivity index is 1.86. The van der Waals surface area contributed by atoms with Crippen LogP contribution in [0.4, 0.5) is 14.7 Å². The van der Waals surface area contributed by atoms with E-state index >= 15 is 0 Å².